The van der Waals surface area contributed by atoms with Gasteiger partial charge in [0.25, 0.3) is 0 Å². The van der Waals surface area contributed by atoms with E-state index >= 15 is 0 Å². The monoisotopic (exact) mass is 351 g/mol. The van der Waals surface area contributed by atoms with Crippen LogP contribution in [-0.4, -0.2) is 29.2 Å². The normalized spacial score (nSPS) is 10.3. The molecule has 7 nitrogen and oxygen atoms in total. The first-order chi connectivity index (χ1) is 12.7. The summed E-state index contributed by atoms with van der Waals surface area (Å²) in [4.78, 5) is 13.1. The predicted octanol–water partition coefficient (Wildman–Crippen LogP) is 3.55. The van der Waals surface area contributed by atoms with Crippen molar-refractivity contribution < 1.29 is 9.47 Å². The van der Waals surface area contributed by atoms with E-state index in [0.29, 0.717) is 35.8 Å². The third-order valence-corrected chi connectivity index (χ3v) is 3.70. The Morgan fingerprint density at radius 1 is 0.885 bits per heavy atom. The molecule has 0 spiro atoms. The van der Waals surface area contributed by atoms with E-state index in [0.717, 1.165) is 11.3 Å². The SMILES string of the molecule is COc1ccc(Nc2nc(C)nc(NCc3ccccc3)n2)c(OC)c1. The Labute approximate surface area is 152 Å². The quantitative estimate of drug-likeness (QED) is 0.673. The molecule has 0 radical (unpaired) electrons. The summed E-state index contributed by atoms with van der Waals surface area (Å²) in [6.45, 7) is 2.46. The van der Waals surface area contributed by atoms with Crippen LogP contribution < -0.4 is 20.1 Å². The first-order valence-electron chi connectivity index (χ1n) is 8.17. The van der Waals surface area contributed by atoms with Gasteiger partial charge in [-0.2, -0.15) is 15.0 Å². The lowest BCUT2D eigenvalue weighted by Gasteiger charge is -2.12. The zero-order chi connectivity index (χ0) is 18.4. The van der Waals surface area contributed by atoms with Crippen LogP contribution in [0.1, 0.15) is 11.4 Å². The van der Waals surface area contributed by atoms with E-state index in [2.05, 4.69) is 25.6 Å². The van der Waals surface area contributed by atoms with Gasteiger partial charge in [-0.25, -0.2) is 0 Å². The third kappa shape index (κ3) is 4.38. The highest BCUT2D eigenvalue weighted by atomic mass is 16.5. The minimum Gasteiger partial charge on any atom is -0.497 e. The molecule has 3 rings (SSSR count). The van der Waals surface area contributed by atoms with Crippen molar-refractivity contribution >= 4 is 17.6 Å². The van der Waals surface area contributed by atoms with Gasteiger partial charge < -0.3 is 20.1 Å². The van der Waals surface area contributed by atoms with Crippen LogP contribution in [0.25, 0.3) is 0 Å². The lowest BCUT2D eigenvalue weighted by atomic mass is 10.2. The van der Waals surface area contributed by atoms with Gasteiger partial charge in [-0.3, -0.25) is 0 Å². The maximum atomic E-state index is 5.40. The van der Waals surface area contributed by atoms with Crippen LogP contribution in [0.5, 0.6) is 11.5 Å². The van der Waals surface area contributed by atoms with Crippen molar-refractivity contribution in [3.63, 3.8) is 0 Å². The van der Waals surface area contributed by atoms with E-state index in [1.54, 1.807) is 20.3 Å². The number of anilines is 3. The first kappa shape index (κ1) is 17.5. The van der Waals surface area contributed by atoms with Crippen molar-refractivity contribution in [2.75, 3.05) is 24.9 Å². The van der Waals surface area contributed by atoms with E-state index in [9.17, 15) is 0 Å². The van der Waals surface area contributed by atoms with Gasteiger partial charge in [-0.1, -0.05) is 30.3 Å². The molecule has 134 valence electrons. The highest BCUT2D eigenvalue weighted by Crippen LogP contribution is 2.30. The molecule has 0 bridgehead atoms. The Morgan fingerprint density at radius 2 is 1.65 bits per heavy atom. The van der Waals surface area contributed by atoms with Crippen molar-refractivity contribution in [1.82, 2.24) is 15.0 Å². The summed E-state index contributed by atoms with van der Waals surface area (Å²) in [7, 11) is 3.22. The Hall–Kier alpha value is -3.35. The summed E-state index contributed by atoms with van der Waals surface area (Å²) in [5, 5.41) is 6.39. The molecular weight excluding hydrogens is 330 g/mol. The topological polar surface area (TPSA) is 81.2 Å². The molecule has 0 amide bonds. The van der Waals surface area contributed by atoms with Crippen LogP contribution in [-0.2, 0) is 6.54 Å². The number of benzene rings is 2. The largest absolute Gasteiger partial charge is 0.497 e. The fourth-order valence-electron chi connectivity index (χ4n) is 2.42. The fourth-order valence-corrected chi connectivity index (χ4v) is 2.42. The molecule has 0 aliphatic heterocycles. The predicted molar refractivity (Wildman–Crippen MR) is 101 cm³/mol. The van der Waals surface area contributed by atoms with Crippen LogP contribution in [0.3, 0.4) is 0 Å². The van der Waals surface area contributed by atoms with Crippen LogP contribution >= 0.6 is 0 Å². The maximum Gasteiger partial charge on any atom is 0.232 e. The van der Waals surface area contributed by atoms with Crippen LogP contribution in [0.4, 0.5) is 17.6 Å². The molecule has 0 aliphatic rings. The lowest BCUT2D eigenvalue weighted by Crippen LogP contribution is -2.08. The van der Waals surface area contributed by atoms with Crippen molar-refractivity contribution in [2.45, 2.75) is 13.5 Å². The number of methoxy groups -OCH3 is 2. The van der Waals surface area contributed by atoms with Crippen LogP contribution in [0.15, 0.2) is 48.5 Å². The van der Waals surface area contributed by atoms with Gasteiger partial charge in [-0.05, 0) is 24.6 Å². The van der Waals surface area contributed by atoms with Gasteiger partial charge in [0, 0.05) is 12.6 Å². The minimum atomic E-state index is 0.441. The first-order valence-corrected chi connectivity index (χ1v) is 8.17. The van der Waals surface area contributed by atoms with Crippen molar-refractivity contribution in [2.24, 2.45) is 0 Å². The molecule has 0 saturated heterocycles. The summed E-state index contributed by atoms with van der Waals surface area (Å²) < 4.78 is 10.6. The molecule has 0 fully saturated rings. The smallest absolute Gasteiger partial charge is 0.232 e. The second-order valence-corrected chi connectivity index (χ2v) is 5.56. The standard InChI is InChI=1S/C19H21N5O2/c1-13-21-18(20-12-14-7-5-4-6-8-14)24-19(22-13)23-16-10-9-15(25-2)11-17(16)26-3/h4-11H,12H2,1-3H3,(H2,20,21,22,23,24). The Balaban J connectivity index is 1.77. The number of aromatic nitrogens is 3. The molecule has 1 aromatic heterocycles. The second kappa shape index (κ2) is 8.15. The lowest BCUT2D eigenvalue weighted by molar-refractivity contribution is 0.395. The van der Waals surface area contributed by atoms with E-state index in [1.807, 2.05) is 49.4 Å². The molecular formula is C19H21N5O2. The number of nitrogens with one attached hydrogen (secondary N) is 2. The zero-order valence-corrected chi connectivity index (χ0v) is 15.0. The number of hydrogen-bond acceptors (Lipinski definition) is 7. The van der Waals surface area contributed by atoms with E-state index in [4.69, 9.17) is 9.47 Å². The summed E-state index contributed by atoms with van der Waals surface area (Å²) in [6.07, 6.45) is 0. The van der Waals surface area contributed by atoms with Crippen LogP contribution in [0.2, 0.25) is 0 Å². The average molecular weight is 351 g/mol. The molecule has 7 heteroatoms. The molecule has 2 N–H and O–H groups in total. The van der Waals surface area contributed by atoms with E-state index in [1.165, 1.54) is 0 Å². The number of rotatable bonds is 7. The zero-order valence-electron chi connectivity index (χ0n) is 15.0. The third-order valence-electron chi connectivity index (χ3n) is 3.70. The number of ether oxygens (including phenoxy) is 2. The van der Waals surface area contributed by atoms with Gasteiger partial charge in [0.15, 0.2) is 0 Å². The molecule has 3 aromatic rings. The molecule has 0 saturated carbocycles. The second-order valence-electron chi connectivity index (χ2n) is 5.56. The summed E-state index contributed by atoms with van der Waals surface area (Å²) in [6, 6.07) is 15.6. The van der Waals surface area contributed by atoms with Crippen molar-refractivity contribution in [1.29, 1.82) is 0 Å². The molecule has 0 aliphatic carbocycles. The number of hydrogen-bond donors (Lipinski definition) is 2. The Bertz CT molecular complexity index is 871. The summed E-state index contributed by atoms with van der Waals surface area (Å²) in [5.41, 5.74) is 1.89. The highest BCUT2D eigenvalue weighted by molar-refractivity contribution is 5.64. The molecule has 2 aromatic carbocycles. The fraction of sp³-hybridized carbons (Fsp3) is 0.211. The summed E-state index contributed by atoms with van der Waals surface area (Å²) in [5.74, 6) is 2.92. The number of nitrogens with zero attached hydrogens (tertiary/aromatic N) is 3. The molecule has 1 heterocycles. The van der Waals surface area contributed by atoms with Crippen molar-refractivity contribution in [3.8, 4) is 11.5 Å². The van der Waals surface area contributed by atoms with Gasteiger partial charge in [0.05, 0.1) is 19.9 Å². The van der Waals surface area contributed by atoms with Crippen LogP contribution in [0, 0.1) is 6.92 Å². The molecule has 26 heavy (non-hydrogen) atoms. The van der Waals surface area contributed by atoms with Gasteiger partial charge in [-0.15, -0.1) is 0 Å². The van der Waals surface area contributed by atoms with E-state index in [-0.39, 0.29) is 0 Å². The van der Waals surface area contributed by atoms with Gasteiger partial charge in [0.1, 0.15) is 17.3 Å². The van der Waals surface area contributed by atoms with Crippen molar-refractivity contribution in [3.05, 3.63) is 59.9 Å². The minimum absolute atomic E-state index is 0.441. The Morgan fingerprint density at radius 3 is 2.38 bits per heavy atom. The summed E-state index contributed by atoms with van der Waals surface area (Å²) >= 11 is 0. The molecule has 0 unspecified atom stereocenters. The number of aryl methyl sites for hydroxylation is 1. The van der Waals surface area contributed by atoms with Gasteiger partial charge in [0.2, 0.25) is 11.9 Å². The van der Waals surface area contributed by atoms with Gasteiger partial charge >= 0.3 is 0 Å². The Kier molecular flexibility index (Phi) is 5.48. The maximum absolute atomic E-state index is 5.40. The van der Waals surface area contributed by atoms with E-state index < -0.39 is 0 Å². The molecule has 0 atom stereocenters. The average Bonchev–Trinajstić information content (AvgIpc) is 2.67. The highest BCUT2D eigenvalue weighted by Gasteiger charge is 2.09.